The second-order valence-corrected chi connectivity index (χ2v) is 17.1. The van der Waals surface area contributed by atoms with Crippen LogP contribution in [-0.2, 0) is 30.3 Å². The van der Waals surface area contributed by atoms with Crippen LogP contribution >= 0.6 is 0 Å². The van der Waals surface area contributed by atoms with E-state index in [2.05, 4.69) is 20.6 Å². The van der Waals surface area contributed by atoms with Gasteiger partial charge < -0.3 is 43.5 Å². The highest BCUT2D eigenvalue weighted by Crippen LogP contribution is 2.41. The van der Waals surface area contributed by atoms with Crippen molar-refractivity contribution in [3.8, 4) is 5.75 Å². The molecule has 2 aliphatic heterocycles. The fourth-order valence-electron chi connectivity index (χ4n) is 5.55. The molecule has 1 aromatic rings. The van der Waals surface area contributed by atoms with Gasteiger partial charge in [-0.2, -0.15) is 0 Å². The van der Waals surface area contributed by atoms with Crippen LogP contribution in [0.5, 0.6) is 5.75 Å². The van der Waals surface area contributed by atoms with Gasteiger partial charge in [0.15, 0.2) is 5.72 Å². The van der Waals surface area contributed by atoms with Gasteiger partial charge in [0.2, 0.25) is 11.9 Å². The molecule has 4 atom stereocenters. The van der Waals surface area contributed by atoms with Crippen LogP contribution in [0.3, 0.4) is 0 Å². The van der Waals surface area contributed by atoms with E-state index in [1.807, 2.05) is 0 Å². The second-order valence-electron chi connectivity index (χ2n) is 17.1. The summed E-state index contributed by atoms with van der Waals surface area (Å²) in [5.74, 6) is -0.351. The van der Waals surface area contributed by atoms with Crippen LogP contribution in [0.2, 0.25) is 0 Å². The summed E-state index contributed by atoms with van der Waals surface area (Å²) in [5, 5.41) is 28.9. The number of ether oxygens (including phenoxy) is 6. The normalized spacial score (nSPS) is 22.3. The fraction of sp³-hybridized carbons (Fsp3) is 0.676. The highest BCUT2D eigenvalue weighted by molar-refractivity contribution is 6.03. The summed E-state index contributed by atoms with van der Waals surface area (Å²) in [5.41, 5.74) is -5.72. The van der Waals surface area contributed by atoms with Gasteiger partial charge in [0.05, 0.1) is 26.4 Å². The maximum Gasteiger partial charge on any atom is 0.437 e. The van der Waals surface area contributed by atoms with E-state index in [-0.39, 0.29) is 19.6 Å². The SMILES string of the molecule is COc1ccc(COC[C@H]2[C@H](N=C(NC(=O)OC(C)(C)C)NC(=O)OC(C)(C)C)[C@@]3(O)[C@@H](O)CCN3/C(=N\C(=O)OC(C)(C)C)N2C(=O)OC(C)(C)C)cc1. The average Bonchev–Trinajstić information content (AvgIpc) is 3.29. The van der Waals surface area contributed by atoms with E-state index in [0.717, 1.165) is 9.80 Å². The molecule has 2 saturated heterocycles. The molecule has 0 saturated carbocycles. The number of hydrogen-bond donors (Lipinski definition) is 4. The van der Waals surface area contributed by atoms with Crippen LogP contribution in [0.1, 0.15) is 95.1 Å². The molecular formula is C37H58N6O12. The van der Waals surface area contributed by atoms with Gasteiger partial charge in [-0.1, -0.05) is 12.1 Å². The number of carbonyl (C=O) groups excluding carboxylic acids is 4. The Morgan fingerprint density at radius 3 is 1.80 bits per heavy atom. The molecule has 0 aromatic heterocycles. The number of nitrogens with one attached hydrogen (secondary N) is 2. The molecule has 2 heterocycles. The number of nitrogens with zero attached hydrogens (tertiary/aromatic N) is 4. The average molecular weight is 779 g/mol. The zero-order valence-electron chi connectivity index (χ0n) is 34.1. The van der Waals surface area contributed by atoms with Crippen LogP contribution < -0.4 is 15.4 Å². The van der Waals surface area contributed by atoms with Crippen molar-refractivity contribution in [3.05, 3.63) is 29.8 Å². The molecule has 2 aliphatic rings. The van der Waals surface area contributed by atoms with Crippen molar-refractivity contribution in [2.24, 2.45) is 9.98 Å². The quantitative estimate of drug-likeness (QED) is 0.176. The summed E-state index contributed by atoms with van der Waals surface area (Å²) in [6, 6.07) is 3.92. The van der Waals surface area contributed by atoms with Crippen LogP contribution in [0.25, 0.3) is 0 Å². The third kappa shape index (κ3) is 13.0. The summed E-state index contributed by atoms with van der Waals surface area (Å²) in [6.45, 7) is 19.0. The van der Waals surface area contributed by atoms with E-state index in [1.54, 1.807) is 107 Å². The number of amides is 4. The molecule has 3 rings (SSSR count). The molecule has 0 bridgehead atoms. The van der Waals surface area contributed by atoms with Crippen LogP contribution in [-0.4, -0.2) is 123 Å². The number of fused-ring (bicyclic) bond motifs is 1. The van der Waals surface area contributed by atoms with Gasteiger partial charge in [-0.05, 0) is 107 Å². The van der Waals surface area contributed by atoms with Gasteiger partial charge in [-0.25, -0.2) is 29.1 Å². The predicted octanol–water partition coefficient (Wildman–Crippen LogP) is 4.65. The van der Waals surface area contributed by atoms with Gasteiger partial charge in [-0.3, -0.25) is 10.6 Å². The smallest absolute Gasteiger partial charge is 0.437 e. The Labute approximate surface area is 322 Å². The van der Waals surface area contributed by atoms with Crippen LogP contribution in [0.4, 0.5) is 19.2 Å². The van der Waals surface area contributed by atoms with E-state index in [0.29, 0.717) is 11.3 Å². The molecule has 55 heavy (non-hydrogen) atoms. The number of aliphatic hydroxyl groups excluding tert-OH is 1. The van der Waals surface area contributed by atoms with E-state index in [1.165, 1.54) is 7.11 Å². The summed E-state index contributed by atoms with van der Waals surface area (Å²) in [7, 11) is 1.53. The molecule has 1 aromatic carbocycles. The van der Waals surface area contributed by atoms with Gasteiger partial charge in [0, 0.05) is 6.54 Å². The molecule has 0 unspecified atom stereocenters. The van der Waals surface area contributed by atoms with Crippen LogP contribution in [0, 0.1) is 0 Å². The van der Waals surface area contributed by atoms with Crippen molar-refractivity contribution in [1.29, 1.82) is 0 Å². The summed E-state index contributed by atoms with van der Waals surface area (Å²) < 4.78 is 33.5. The number of alkyl carbamates (subject to hydrolysis) is 2. The first-order valence-electron chi connectivity index (χ1n) is 17.9. The van der Waals surface area contributed by atoms with Gasteiger partial charge >= 0.3 is 24.4 Å². The standard InChI is InChI=1S/C37H58N6O12/c1-33(2,3)52-29(45)39-27(40-30(46)53-34(4,5)6)38-26-24(21-51-20-22-14-16-23(50-13)17-15-22)43(32(48)55-36(10,11)12)28(41-31(47)54-35(7,8)9)42-19-18-25(44)37(26,42)49/h14-17,24-26,44,49H,18-21H2,1-13H3,(H2,38,39,40,45,46)/b41-28+/t24-,25-,26-,37-/m0/s1. The number of benzene rings is 1. The number of hydrogen-bond acceptors (Lipinski definition) is 13. The number of carbonyl (C=O) groups is 4. The Morgan fingerprint density at radius 1 is 0.818 bits per heavy atom. The van der Waals surface area contributed by atoms with E-state index < -0.39 is 89.2 Å². The van der Waals surface area contributed by atoms with E-state index in [4.69, 9.17) is 28.4 Å². The predicted molar refractivity (Wildman–Crippen MR) is 200 cm³/mol. The van der Waals surface area contributed by atoms with Crippen LogP contribution in [0.15, 0.2) is 34.3 Å². The number of aliphatic imine (C=N–C) groups is 2. The topological polar surface area (TPSA) is 219 Å². The van der Waals surface area contributed by atoms with E-state index >= 15 is 0 Å². The molecule has 18 nitrogen and oxygen atoms in total. The lowest BCUT2D eigenvalue weighted by Gasteiger charge is -2.52. The Morgan fingerprint density at radius 2 is 1.33 bits per heavy atom. The minimum atomic E-state index is -2.43. The number of guanidine groups is 2. The zero-order chi connectivity index (χ0) is 41.7. The Balaban J connectivity index is 2.30. The van der Waals surface area contributed by atoms with Crippen molar-refractivity contribution in [3.63, 3.8) is 0 Å². The molecule has 4 N–H and O–H groups in total. The number of methoxy groups -OCH3 is 1. The zero-order valence-corrected chi connectivity index (χ0v) is 34.1. The Bertz CT molecular complexity index is 1570. The highest BCUT2D eigenvalue weighted by Gasteiger charge is 2.64. The molecular weight excluding hydrogens is 720 g/mol. The van der Waals surface area contributed by atoms with Gasteiger partial charge in [0.1, 0.15) is 40.3 Å². The lowest BCUT2D eigenvalue weighted by molar-refractivity contribution is -0.163. The van der Waals surface area contributed by atoms with Crippen molar-refractivity contribution in [1.82, 2.24) is 20.4 Å². The molecule has 0 spiro atoms. The molecule has 4 amide bonds. The van der Waals surface area contributed by atoms with Crippen molar-refractivity contribution in [2.75, 3.05) is 20.3 Å². The largest absolute Gasteiger partial charge is 0.497 e. The minimum Gasteiger partial charge on any atom is -0.497 e. The van der Waals surface area contributed by atoms with Crippen molar-refractivity contribution in [2.45, 2.75) is 142 Å². The first kappa shape index (κ1) is 44.7. The lowest BCUT2D eigenvalue weighted by atomic mass is 9.89. The van der Waals surface area contributed by atoms with Crippen molar-refractivity contribution >= 4 is 36.3 Å². The molecule has 2 fully saturated rings. The molecule has 18 heteroatoms. The lowest BCUT2D eigenvalue weighted by Crippen LogP contribution is -2.75. The summed E-state index contributed by atoms with van der Waals surface area (Å²) >= 11 is 0. The molecule has 0 aliphatic carbocycles. The maximum atomic E-state index is 14.3. The third-order valence-corrected chi connectivity index (χ3v) is 7.54. The Kier molecular flexibility index (Phi) is 13.8. The van der Waals surface area contributed by atoms with E-state index in [9.17, 15) is 29.4 Å². The highest BCUT2D eigenvalue weighted by atomic mass is 16.6. The minimum absolute atomic E-state index is 0.0124. The first-order valence-corrected chi connectivity index (χ1v) is 17.9. The molecule has 308 valence electrons. The van der Waals surface area contributed by atoms with Crippen molar-refractivity contribution < 1.29 is 57.8 Å². The number of rotatable bonds is 6. The van der Waals surface area contributed by atoms with Gasteiger partial charge in [0.25, 0.3) is 0 Å². The number of aliphatic hydroxyl groups is 2. The maximum absolute atomic E-state index is 14.3. The summed E-state index contributed by atoms with van der Waals surface area (Å²) in [6.07, 6.45) is -5.82. The fourth-order valence-corrected chi connectivity index (χ4v) is 5.55. The first-order chi connectivity index (χ1) is 25.1. The second kappa shape index (κ2) is 17.0. The third-order valence-electron chi connectivity index (χ3n) is 7.54. The van der Waals surface area contributed by atoms with Gasteiger partial charge in [-0.15, -0.1) is 4.99 Å². The summed E-state index contributed by atoms with van der Waals surface area (Å²) in [4.78, 5) is 64.6. The molecule has 0 radical (unpaired) electrons. The Hall–Kier alpha value is -4.68. The monoisotopic (exact) mass is 778 g/mol.